The lowest BCUT2D eigenvalue weighted by molar-refractivity contribution is -0.141. The lowest BCUT2D eigenvalue weighted by atomic mass is 9.82. The van der Waals surface area contributed by atoms with Crippen LogP contribution in [0.1, 0.15) is 76.7 Å². The first-order valence-electron chi connectivity index (χ1n) is 13.8. The lowest BCUT2D eigenvalue weighted by Crippen LogP contribution is -2.37. The van der Waals surface area contributed by atoms with E-state index in [1.54, 1.807) is 36.1 Å². The number of ether oxygens (including phenoxy) is 1. The normalized spacial score (nSPS) is 15.3. The largest absolute Gasteiger partial charge is 0.462 e. The minimum Gasteiger partial charge on any atom is -0.462 e. The van der Waals surface area contributed by atoms with Crippen molar-refractivity contribution in [2.24, 2.45) is 5.92 Å². The second-order valence-corrected chi connectivity index (χ2v) is 12.8. The molecule has 2 heterocycles. The van der Waals surface area contributed by atoms with Crippen molar-refractivity contribution in [3.63, 3.8) is 0 Å². The maximum Gasteiger partial charge on any atom is 0.434 e. The van der Waals surface area contributed by atoms with Crippen molar-refractivity contribution in [2.45, 2.75) is 57.8 Å². The fourth-order valence-electron chi connectivity index (χ4n) is 4.94. The van der Waals surface area contributed by atoms with Crippen LogP contribution in [0, 0.1) is 5.92 Å². The van der Waals surface area contributed by atoms with Gasteiger partial charge in [-0.1, -0.05) is 39.0 Å². The van der Waals surface area contributed by atoms with Gasteiger partial charge in [-0.15, -0.1) is 0 Å². The Bertz CT molecular complexity index is 1610. The number of nitrogens with zero attached hydrogens (tertiary/aromatic N) is 3. The van der Waals surface area contributed by atoms with Crippen molar-refractivity contribution in [3.8, 4) is 0 Å². The number of alkyl halides is 3. The highest BCUT2D eigenvalue weighted by Gasteiger charge is 2.40. The zero-order valence-corrected chi connectivity index (χ0v) is 25.1. The number of hydrogen-bond donors (Lipinski definition) is 1. The summed E-state index contributed by atoms with van der Waals surface area (Å²) < 4.78 is 70.5. The van der Waals surface area contributed by atoms with E-state index in [0.29, 0.717) is 12.1 Å². The van der Waals surface area contributed by atoms with Crippen LogP contribution in [-0.4, -0.2) is 49.2 Å². The van der Waals surface area contributed by atoms with E-state index >= 15 is 0 Å². The number of esters is 1. The van der Waals surface area contributed by atoms with Gasteiger partial charge in [0.15, 0.2) is 15.5 Å². The monoisotopic (exact) mass is 618 g/mol. The van der Waals surface area contributed by atoms with Gasteiger partial charge in [0.05, 0.1) is 17.3 Å². The van der Waals surface area contributed by atoms with Crippen LogP contribution in [0.15, 0.2) is 53.6 Å². The Morgan fingerprint density at radius 2 is 1.81 bits per heavy atom. The summed E-state index contributed by atoms with van der Waals surface area (Å²) >= 11 is 0. The van der Waals surface area contributed by atoms with Crippen LogP contribution in [0.4, 0.5) is 19.1 Å². The van der Waals surface area contributed by atoms with Crippen LogP contribution in [-0.2, 0) is 33.8 Å². The maximum absolute atomic E-state index is 13.9. The molecule has 1 aromatic heterocycles. The number of nitrogens with one attached hydrogen (secondary N) is 1. The predicted molar refractivity (Wildman–Crippen MR) is 153 cm³/mol. The molecule has 0 aliphatic carbocycles. The van der Waals surface area contributed by atoms with E-state index in [-0.39, 0.29) is 54.0 Å². The van der Waals surface area contributed by atoms with Gasteiger partial charge < -0.3 is 15.0 Å². The number of sulfone groups is 1. The molecule has 9 nitrogen and oxygen atoms in total. The van der Waals surface area contributed by atoms with Gasteiger partial charge in [-0.3, -0.25) is 4.79 Å². The Morgan fingerprint density at radius 3 is 2.42 bits per heavy atom. The summed E-state index contributed by atoms with van der Waals surface area (Å²) in [6, 6.07) is 11.6. The number of rotatable bonds is 9. The van der Waals surface area contributed by atoms with E-state index in [0.717, 1.165) is 22.9 Å². The van der Waals surface area contributed by atoms with Crippen molar-refractivity contribution in [3.05, 3.63) is 82.2 Å². The van der Waals surface area contributed by atoms with Crippen LogP contribution in [0.5, 0.6) is 0 Å². The van der Waals surface area contributed by atoms with Gasteiger partial charge in [-0.25, -0.2) is 23.2 Å². The molecule has 0 bridgehead atoms. The second kappa shape index (κ2) is 12.7. The average Bonchev–Trinajstić information content (AvgIpc) is 2.98. The minimum atomic E-state index is -4.90. The number of fused-ring (bicyclic) bond motifs is 1. The summed E-state index contributed by atoms with van der Waals surface area (Å²) in [5.41, 5.74) is 0.694. The van der Waals surface area contributed by atoms with Gasteiger partial charge in [0.25, 0.3) is 5.91 Å². The molecule has 4 rings (SSSR count). The van der Waals surface area contributed by atoms with E-state index in [2.05, 4.69) is 15.3 Å². The Labute approximate surface area is 248 Å². The zero-order chi connectivity index (χ0) is 31.5. The van der Waals surface area contributed by atoms with Crippen molar-refractivity contribution >= 4 is 27.7 Å². The summed E-state index contributed by atoms with van der Waals surface area (Å²) in [7, 11) is -3.33. The first kappa shape index (κ1) is 31.9. The van der Waals surface area contributed by atoms with Crippen LogP contribution < -0.4 is 10.2 Å². The van der Waals surface area contributed by atoms with Crippen LogP contribution >= 0.6 is 0 Å². The summed E-state index contributed by atoms with van der Waals surface area (Å²) in [5, 5.41) is 2.83. The van der Waals surface area contributed by atoms with Crippen LogP contribution in [0.25, 0.3) is 0 Å². The Kier molecular flexibility index (Phi) is 9.43. The molecule has 1 aliphatic heterocycles. The molecule has 1 unspecified atom stereocenters. The van der Waals surface area contributed by atoms with E-state index < -0.39 is 33.2 Å². The van der Waals surface area contributed by atoms with E-state index in [9.17, 15) is 31.2 Å². The molecule has 0 radical (unpaired) electrons. The first-order chi connectivity index (χ1) is 20.2. The summed E-state index contributed by atoms with van der Waals surface area (Å²) in [4.78, 5) is 34.9. The van der Waals surface area contributed by atoms with Gasteiger partial charge in [0.2, 0.25) is 5.95 Å². The lowest BCUT2D eigenvalue weighted by Gasteiger charge is -2.37. The second-order valence-electron chi connectivity index (χ2n) is 10.5. The molecule has 43 heavy (non-hydrogen) atoms. The van der Waals surface area contributed by atoms with Gasteiger partial charge in [0, 0.05) is 37.3 Å². The molecular weight excluding hydrogens is 585 g/mol. The molecule has 1 aliphatic rings. The molecule has 0 saturated heterocycles. The molecular formula is C30H33F3N4O5S. The molecule has 1 N–H and O–H groups in total. The summed E-state index contributed by atoms with van der Waals surface area (Å²) in [6.07, 6.45) is -4.06. The molecule has 0 saturated carbocycles. The first-order valence-corrected chi connectivity index (χ1v) is 15.5. The highest BCUT2D eigenvalue weighted by atomic mass is 32.2. The number of anilines is 1. The molecule has 230 valence electrons. The Balaban J connectivity index is 1.58. The van der Waals surface area contributed by atoms with Gasteiger partial charge >= 0.3 is 12.1 Å². The van der Waals surface area contributed by atoms with Gasteiger partial charge in [0.1, 0.15) is 5.56 Å². The number of aromatic nitrogens is 2. The predicted octanol–water partition coefficient (Wildman–Crippen LogP) is 5.16. The Hall–Kier alpha value is -4.00. The van der Waals surface area contributed by atoms with Crippen molar-refractivity contribution in [1.82, 2.24) is 15.3 Å². The highest BCUT2D eigenvalue weighted by Crippen LogP contribution is 2.37. The van der Waals surface area contributed by atoms with Gasteiger partial charge in [-0.2, -0.15) is 13.2 Å². The fourth-order valence-corrected chi connectivity index (χ4v) is 5.82. The average molecular weight is 619 g/mol. The van der Waals surface area contributed by atoms with Crippen LogP contribution in [0.2, 0.25) is 0 Å². The van der Waals surface area contributed by atoms with Crippen LogP contribution in [0.3, 0.4) is 0 Å². The third-order valence-electron chi connectivity index (χ3n) is 7.33. The third kappa shape index (κ3) is 7.15. The van der Waals surface area contributed by atoms with E-state index in [1.807, 2.05) is 19.9 Å². The number of amides is 1. The maximum atomic E-state index is 13.9. The highest BCUT2D eigenvalue weighted by molar-refractivity contribution is 7.91. The molecule has 13 heteroatoms. The van der Waals surface area contributed by atoms with Gasteiger partial charge in [-0.05, 0) is 53.8 Å². The van der Waals surface area contributed by atoms with E-state index in [4.69, 9.17) is 4.74 Å². The smallest absolute Gasteiger partial charge is 0.434 e. The molecule has 1 atom stereocenters. The topological polar surface area (TPSA) is 119 Å². The number of halogens is 3. The zero-order valence-electron chi connectivity index (χ0n) is 24.2. The van der Waals surface area contributed by atoms with E-state index in [1.165, 1.54) is 19.1 Å². The molecule has 2 aromatic carbocycles. The molecule has 0 fully saturated rings. The summed E-state index contributed by atoms with van der Waals surface area (Å²) in [5.74, 6) is -1.67. The SMILES string of the molecule is CCOC(=O)c1cnc(N2Cc3cc(C(=O)NCc4ccc(S(=O)(=O)CC)cc4)ccc3C(C(C)C)C2)nc1C(F)(F)F. The quantitative estimate of drug-likeness (QED) is 0.327. The third-order valence-corrected chi connectivity index (χ3v) is 9.08. The summed E-state index contributed by atoms with van der Waals surface area (Å²) in [6.45, 7) is 7.64. The molecule has 0 spiro atoms. The van der Waals surface area contributed by atoms with Crippen molar-refractivity contribution < 1.29 is 35.9 Å². The number of hydrogen-bond acceptors (Lipinski definition) is 8. The standard InChI is InChI=1S/C30H33F3N4O5S/c1-5-42-28(39)24-15-35-29(36-26(24)30(31,32)33)37-16-21-13-20(9-12-23(21)25(17-37)18(3)4)27(38)34-14-19-7-10-22(11-8-19)43(40,41)6-2/h7-13,15,18,25H,5-6,14,16-17H2,1-4H3,(H,34,38). The minimum absolute atomic E-state index is 0.00890. The number of benzene rings is 2. The fraction of sp³-hybridized carbons (Fsp3) is 0.400. The number of carbonyl (C=O) groups is 2. The Morgan fingerprint density at radius 1 is 1.12 bits per heavy atom. The van der Waals surface area contributed by atoms with Crippen molar-refractivity contribution in [2.75, 3.05) is 23.8 Å². The van der Waals surface area contributed by atoms with Crippen molar-refractivity contribution in [1.29, 1.82) is 0 Å². The molecule has 3 aromatic rings. The molecule has 1 amide bonds. The number of carbonyl (C=O) groups excluding carboxylic acids is 2.